The molecule has 2 heterocycles. The van der Waals surface area contributed by atoms with Crippen LogP contribution in [0.2, 0.25) is 0 Å². The van der Waals surface area contributed by atoms with Gasteiger partial charge in [-0.1, -0.05) is 24.0 Å². The number of rotatable bonds is 0. The van der Waals surface area contributed by atoms with E-state index in [9.17, 15) is 9.59 Å². The molecule has 1 N–H and O–H groups in total. The molecular formula is C20H23NO4. The summed E-state index contributed by atoms with van der Waals surface area (Å²) in [6.45, 7) is 7.10. The minimum Gasteiger partial charge on any atom is -0.416 e. The van der Waals surface area contributed by atoms with Gasteiger partial charge in [0.1, 0.15) is 0 Å². The van der Waals surface area contributed by atoms with Crippen molar-refractivity contribution < 1.29 is 19.1 Å². The van der Waals surface area contributed by atoms with Gasteiger partial charge < -0.3 is 14.8 Å². The van der Waals surface area contributed by atoms with Gasteiger partial charge in [-0.25, -0.2) is 0 Å². The molecule has 0 amide bonds. The number of carbonyl (C=O) groups is 2. The Morgan fingerprint density at radius 1 is 1.08 bits per heavy atom. The van der Waals surface area contributed by atoms with Crippen LogP contribution in [0.1, 0.15) is 50.3 Å². The normalized spacial score (nSPS) is 19.6. The monoisotopic (exact) mass is 341 g/mol. The third-order valence-corrected chi connectivity index (χ3v) is 4.16. The number of hydrogen-bond acceptors (Lipinski definition) is 5. The van der Waals surface area contributed by atoms with Crippen molar-refractivity contribution in [2.75, 3.05) is 13.1 Å². The molecular weight excluding hydrogens is 318 g/mol. The Morgan fingerprint density at radius 2 is 1.76 bits per heavy atom. The first kappa shape index (κ1) is 17.5. The number of fused-ring (bicyclic) bond motifs is 2. The van der Waals surface area contributed by atoms with E-state index < -0.39 is 17.7 Å². The highest BCUT2D eigenvalue weighted by atomic mass is 16.7. The summed E-state index contributed by atoms with van der Waals surface area (Å²) in [5.41, 5.74) is 2.44. The molecule has 1 spiro atoms. The molecule has 0 saturated carbocycles. The Balaban J connectivity index is 2.13. The second-order valence-electron chi connectivity index (χ2n) is 7.46. The van der Waals surface area contributed by atoms with E-state index in [0.29, 0.717) is 12.1 Å². The summed E-state index contributed by atoms with van der Waals surface area (Å²) in [5.74, 6) is 4.23. The molecule has 0 unspecified atom stereocenters. The third kappa shape index (κ3) is 3.85. The summed E-state index contributed by atoms with van der Waals surface area (Å²) in [6, 6.07) is 5.68. The molecule has 3 rings (SSSR count). The number of nitrogens with one attached hydrogen (secondary N) is 1. The van der Waals surface area contributed by atoms with Crippen LogP contribution in [0, 0.1) is 17.3 Å². The molecule has 132 valence electrons. The number of esters is 2. The van der Waals surface area contributed by atoms with Crippen molar-refractivity contribution in [3.05, 3.63) is 34.9 Å². The summed E-state index contributed by atoms with van der Waals surface area (Å²) < 4.78 is 11.2. The molecule has 5 heteroatoms. The van der Waals surface area contributed by atoms with Crippen molar-refractivity contribution in [1.29, 1.82) is 0 Å². The van der Waals surface area contributed by atoms with Crippen LogP contribution in [0.15, 0.2) is 18.2 Å². The molecule has 25 heavy (non-hydrogen) atoms. The van der Waals surface area contributed by atoms with Gasteiger partial charge in [0.2, 0.25) is 0 Å². The molecule has 1 aromatic carbocycles. The fourth-order valence-corrected chi connectivity index (χ4v) is 3.02. The summed E-state index contributed by atoms with van der Waals surface area (Å²) in [4.78, 5) is 24.1. The van der Waals surface area contributed by atoms with Crippen molar-refractivity contribution >= 4 is 11.9 Å². The molecule has 0 bridgehead atoms. The van der Waals surface area contributed by atoms with Crippen molar-refractivity contribution in [2.45, 2.75) is 45.8 Å². The lowest BCUT2D eigenvalue weighted by Crippen LogP contribution is -2.43. The van der Waals surface area contributed by atoms with Gasteiger partial charge in [0.05, 0.1) is 19.4 Å². The molecule has 2 aliphatic heterocycles. The van der Waals surface area contributed by atoms with Crippen LogP contribution < -0.4 is 5.32 Å². The predicted octanol–water partition coefficient (Wildman–Crippen LogP) is 2.26. The lowest BCUT2D eigenvalue weighted by molar-refractivity contribution is -0.225. The fraction of sp³-hybridized carbons (Fsp3) is 0.500. The van der Waals surface area contributed by atoms with Crippen molar-refractivity contribution in [2.24, 2.45) is 5.41 Å². The van der Waals surface area contributed by atoms with E-state index in [1.165, 1.54) is 0 Å². The largest absolute Gasteiger partial charge is 0.416 e. The number of hydrogen-bond donors (Lipinski definition) is 1. The molecule has 1 aromatic rings. The summed E-state index contributed by atoms with van der Waals surface area (Å²) in [6.07, 6.45) is 0.806. The topological polar surface area (TPSA) is 64.6 Å². The van der Waals surface area contributed by atoms with Gasteiger partial charge >= 0.3 is 11.9 Å². The Hall–Kier alpha value is -2.32. The highest BCUT2D eigenvalue weighted by molar-refractivity contribution is 5.80. The minimum absolute atomic E-state index is 0.0411. The Morgan fingerprint density at radius 3 is 2.40 bits per heavy atom. The molecule has 1 saturated heterocycles. The first-order valence-electron chi connectivity index (χ1n) is 8.59. The molecule has 2 aliphatic rings. The standard InChI is InChI=1S/C20H23NO4/c1-19(2,3)11-9-14-5-4-6-16-15(14)10-12-21-13-20(16)24-17(22)7-8-18(23)25-20/h4-6,21H,7-8,10,12-13H2,1-3H3. The number of carbonyl (C=O) groups excluding carboxylic acids is 2. The molecule has 0 aliphatic carbocycles. The van der Waals surface area contributed by atoms with E-state index in [1.807, 2.05) is 18.2 Å². The van der Waals surface area contributed by atoms with E-state index in [1.54, 1.807) is 0 Å². The van der Waals surface area contributed by atoms with E-state index in [2.05, 4.69) is 37.9 Å². The van der Waals surface area contributed by atoms with Gasteiger partial charge in [0.15, 0.2) is 0 Å². The molecule has 0 atom stereocenters. The first-order valence-corrected chi connectivity index (χ1v) is 8.59. The van der Waals surface area contributed by atoms with E-state index in [4.69, 9.17) is 9.47 Å². The second kappa shape index (κ2) is 6.53. The second-order valence-corrected chi connectivity index (χ2v) is 7.46. The van der Waals surface area contributed by atoms with Gasteiger partial charge in [0.25, 0.3) is 5.79 Å². The van der Waals surface area contributed by atoms with E-state index in [0.717, 1.165) is 17.5 Å². The third-order valence-electron chi connectivity index (χ3n) is 4.16. The van der Waals surface area contributed by atoms with Crippen LogP contribution in [-0.4, -0.2) is 25.0 Å². The van der Waals surface area contributed by atoms with Crippen LogP contribution >= 0.6 is 0 Å². The zero-order valence-corrected chi connectivity index (χ0v) is 14.9. The fourth-order valence-electron chi connectivity index (χ4n) is 3.02. The van der Waals surface area contributed by atoms with Crippen LogP contribution in [0.3, 0.4) is 0 Å². The highest BCUT2D eigenvalue weighted by Crippen LogP contribution is 2.36. The maximum absolute atomic E-state index is 12.1. The maximum atomic E-state index is 12.1. The van der Waals surface area contributed by atoms with Crippen molar-refractivity contribution in [3.63, 3.8) is 0 Å². The Labute approximate surface area is 148 Å². The zero-order chi connectivity index (χ0) is 18.1. The molecule has 0 radical (unpaired) electrons. The Bertz CT molecular complexity index is 746. The predicted molar refractivity (Wildman–Crippen MR) is 92.4 cm³/mol. The molecule has 0 aromatic heterocycles. The number of ether oxygens (including phenoxy) is 2. The summed E-state index contributed by atoms with van der Waals surface area (Å²) in [5, 5.41) is 3.22. The van der Waals surface area contributed by atoms with Gasteiger partial charge in [-0.2, -0.15) is 0 Å². The van der Waals surface area contributed by atoms with Gasteiger partial charge in [-0.05, 0) is 45.4 Å². The smallest absolute Gasteiger partial charge is 0.309 e. The van der Waals surface area contributed by atoms with E-state index in [-0.39, 0.29) is 24.8 Å². The quantitative estimate of drug-likeness (QED) is 0.579. The van der Waals surface area contributed by atoms with Gasteiger partial charge in [-0.15, -0.1) is 0 Å². The van der Waals surface area contributed by atoms with Crippen LogP contribution in [0.5, 0.6) is 0 Å². The van der Waals surface area contributed by atoms with Crippen molar-refractivity contribution in [1.82, 2.24) is 5.32 Å². The highest BCUT2D eigenvalue weighted by Gasteiger charge is 2.45. The van der Waals surface area contributed by atoms with Crippen molar-refractivity contribution in [3.8, 4) is 11.8 Å². The SMILES string of the molecule is CC(C)(C)C#Cc1cccc2c1CCNCC21OC(=O)CCC(=O)O1. The average molecular weight is 341 g/mol. The summed E-state index contributed by atoms with van der Waals surface area (Å²) in [7, 11) is 0. The van der Waals surface area contributed by atoms with E-state index >= 15 is 0 Å². The number of benzene rings is 1. The van der Waals surface area contributed by atoms with Gasteiger partial charge in [0, 0.05) is 16.5 Å². The summed E-state index contributed by atoms with van der Waals surface area (Å²) >= 11 is 0. The van der Waals surface area contributed by atoms with Crippen LogP contribution in [-0.2, 0) is 31.3 Å². The Kier molecular flexibility index (Phi) is 4.57. The maximum Gasteiger partial charge on any atom is 0.309 e. The average Bonchev–Trinajstić information content (AvgIpc) is 2.79. The lowest BCUT2D eigenvalue weighted by Gasteiger charge is -2.31. The lowest BCUT2D eigenvalue weighted by atomic mass is 9.92. The minimum atomic E-state index is -1.41. The van der Waals surface area contributed by atoms with Crippen LogP contribution in [0.25, 0.3) is 0 Å². The molecule has 5 nitrogen and oxygen atoms in total. The van der Waals surface area contributed by atoms with Gasteiger partial charge in [-0.3, -0.25) is 9.59 Å². The first-order chi connectivity index (χ1) is 11.8. The molecule has 1 fully saturated rings. The van der Waals surface area contributed by atoms with Crippen LogP contribution in [0.4, 0.5) is 0 Å². The zero-order valence-electron chi connectivity index (χ0n) is 14.9.